The topological polar surface area (TPSA) is 129 Å². The van der Waals surface area contributed by atoms with Gasteiger partial charge in [-0.25, -0.2) is 27.7 Å². The van der Waals surface area contributed by atoms with Crippen molar-refractivity contribution >= 4 is 26.9 Å². The molecule has 0 amide bonds. The number of aromatic nitrogens is 3. The molecule has 0 spiro atoms. The second kappa shape index (κ2) is 8.40. The first-order valence-corrected chi connectivity index (χ1v) is 11.5. The summed E-state index contributed by atoms with van der Waals surface area (Å²) in [5.41, 5.74) is 8.84. The average Bonchev–Trinajstić information content (AvgIpc) is 2.77. The van der Waals surface area contributed by atoms with E-state index in [0.29, 0.717) is 33.6 Å². The Morgan fingerprint density at radius 1 is 1.09 bits per heavy atom. The predicted molar refractivity (Wildman–Crippen MR) is 123 cm³/mol. The van der Waals surface area contributed by atoms with E-state index in [1.54, 1.807) is 42.6 Å². The largest absolute Gasteiger partial charge is 0.481 e. The molecule has 0 fully saturated rings. The number of anilines is 1. The Morgan fingerprint density at radius 2 is 1.84 bits per heavy atom. The molecule has 2 aromatic carbocycles. The molecule has 4 aromatic rings. The number of hydrogen-bond acceptors (Lipinski definition) is 7. The molecular weight excluding hydrogens is 430 g/mol. The van der Waals surface area contributed by atoms with E-state index in [2.05, 4.69) is 14.7 Å². The lowest BCUT2D eigenvalue weighted by Gasteiger charge is -2.12. The van der Waals surface area contributed by atoms with Gasteiger partial charge < -0.3 is 10.5 Å². The number of nitrogens with zero attached hydrogens (tertiary/aromatic N) is 3. The van der Waals surface area contributed by atoms with Crippen LogP contribution in [0.5, 0.6) is 5.88 Å². The zero-order chi connectivity index (χ0) is 22.9. The van der Waals surface area contributed by atoms with Crippen molar-refractivity contribution in [3.63, 3.8) is 0 Å². The Balaban J connectivity index is 1.83. The van der Waals surface area contributed by atoms with Gasteiger partial charge in [0.15, 0.2) is 0 Å². The fraction of sp³-hybridized carbons (Fsp3) is 0.136. The number of nitrogen functional groups attached to an aromatic ring is 1. The summed E-state index contributed by atoms with van der Waals surface area (Å²) < 4.78 is 32.0. The third-order valence-electron chi connectivity index (χ3n) is 4.89. The van der Waals surface area contributed by atoms with E-state index in [0.717, 1.165) is 11.8 Å². The van der Waals surface area contributed by atoms with Gasteiger partial charge >= 0.3 is 0 Å². The van der Waals surface area contributed by atoms with Crippen molar-refractivity contribution in [1.82, 2.24) is 19.3 Å². The second-order valence-electron chi connectivity index (χ2n) is 7.16. The van der Waals surface area contributed by atoms with Gasteiger partial charge in [0.05, 0.1) is 30.0 Å². The monoisotopic (exact) mass is 451 g/mol. The molecule has 0 saturated carbocycles. The molecule has 10 heteroatoms. The normalized spacial score (nSPS) is 11.6. The zero-order valence-corrected chi connectivity index (χ0v) is 18.3. The number of methoxy groups -OCH3 is 1. The van der Waals surface area contributed by atoms with Crippen LogP contribution in [0.15, 0.2) is 65.6 Å². The van der Waals surface area contributed by atoms with Crippen molar-refractivity contribution < 1.29 is 13.2 Å². The lowest BCUT2D eigenvalue weighted by molar-refractivity contribution is 0.392. The number of sulfonamides is 1. The molecule has 164 valence electrons. The minimum Gasteiger partial charge on any atom is -0.481 e. The number of pyridine rings is 1. The van der Waals surface area contributed by atoms with Crippen LogP contribution >= 0.6 is 0 Å². The molecule has 0 bridgehead atoms. The summed E-state index contributed by atoms with van der Waals surface area (Å²) >= 11 is 0. The molecule has 0 unspecified atom stereocenters. The summed E-state index contributed by atoms with van der Waals surface area (Å²) in [4.78, 5) is 21.9. The summed E-state index contributed by atoms with van der Waals surface area (Å²) in [5, 5.41) is 0.396. The first-order valence-electron chi connectivity index (χ1n) is 9.62. The van der Waals surface area contributed by atoms with Crippen molar-refractivity contribution in [3.8, 4) is 22.7 Å². The highest BCUT2D eigenvalue weighted by atomic mass is 32.2. The minimum absolute atomic E-state index is 0.0231. The summed E-state index contributed by atoms with van der Waals surface area (Å²) in [6.07, 6.45) is 2.68. The maximum absolute atomic E-state index is 13.2. The van der Waals surface area contributed by atoms with Crippen LogP contribution in [-0.2, 0) is 16.6 Å². The van der Waals surface area contributed by atoms with Crippen LogP contribution in [-0.4, -0.2) is 36.3 Å². The van der Waals surface area contributed by atoms with Gasteiger partial charge in [-0.05, 0) is 35.9 Å². The van der Waals surface area contributed by atoms with Crippen molar-refractivity contribution in [2.75, 3.05) is 19.1 Å². The summed E-state index contributed by atoms with van der Waals surface area (Å²) in [6, 6.07) is 16.1. The Labute approximate surface area is 184 Å². The molecule has 0 aliphatic heterocycles. The predicted octanol–water partition coefficient (Wildman–Crippen LogP) is 2.09. The summed E-state index contributed by atoms with van der Waals surface area (Å²) in [5.74, 6) is 0.410. The van der Waals surface area contributed by atoms with Crippen molar-refractivity contribution in [3.05, 3.63) is 76.7 Å². The van der Waals surface area contributed by atoms with Crippen molar-refractivity contribution in [1.29, 1.82) is 0 Å². The van der Waals surface area contributed by atoms with Gasteiger partial charge in [-0.1, -0.05) is 24.3 Å². The Kier molecular flexibility index (Phi) is 5.64. The van der Waals surface area contributed by atoms with Gasteiger partial charge in [0.2, 0.25) is 21.9 Å². The van der Waals surface area contributed by atoms with Crippen LogP contribution in [0, 0.1) is 0 Å². The molecule has 3 N–H and O–H groups in total. The minimum atomic E-state index is -3.39. The maximum atomic E-state index is 13.2. The molecular formula is C22H21N5O4S. The van der Waals surface area contributed by atoms with Gasteiger partial charge in [-0.3, -0.25) is 4.79 Å². The molecule has 0 saturated heterocycles. The average molecular weight is 452 g/mol. The molecule has 0 aliphatic rings. The number of benzene rings is 2. The number of hydrogen-bond donors (Lipinski definition) is 2. The van der Waals surface area contributed by atoms with Crippen LogP contribution < -0.4 is 20.8 Å². The first-order chi connectivity index (χ1) is 15.3. The van der Waals surface area contributed by atoms with E-state index < -0.39 is 10.0 Å². The fourth-order valence-electron chi connectivity index (χ4n) is 3.38. The highest BCUT2D eigenvalue weighted by molar-refractivity contribution is 7.88. The summed E-state index contributed by atoms with van der Waals surface area (Å²) in [6.45, 7) is 0.0231. The molecule has 32 heavy (non-hydrogen) atoms. The standard InChI is InChI=1S/C22H21N5O4S/c1-31-20-16(13-25-32(2,29)30)10-15(12-24-20)14-8-9-19-18(11-14)21(28)27(22(23)26-19)17-6-4-3-5-7-17/h3-12,25H,13H2,1-2H3,(H2,23,26). The third-order valence-corrected chi connectivity index (χ3v) is 5.55. The van der Waals surface area contributed by atoms with Crippen LogP contribution in [0.4, 0.5) is 5.95 Å². The van der Waals surface area contributed by atoms with Gasteiger partial charge in [0.1, 0.15) is 0 Å². The SMILES string of the molecule is COc1ncc(-c2ccc3nc(N)n(-c4ccccc4)c(=O)c3c2)cc1CNS(C)(=O)=O. The smallest absolute Gasteiger partial charge is 0.267 e. The van der Waals surface area contributed by atoms with Gasteiger partial charge in [-0.2, -0.15) is 0 Å². The van der Waals surface area contributed by atoms with E-state index >= 15 is 0 Å². The Hall–Kier alpha value is -3.76. The van der Waals surface area contributed by atoms with E-state index in [9.17, 15) is 13.2 Å². The van der Waals surface area contributed by atoms with Crippen molar-refractivity contribution in [2.45, 2.75) is 6.54 Å². The number of nitrogens with one attached hydrogen (secondary N) is 1. The maximum Gasteiger partial charge on any atom is 0.267 e. The van der Waals surface area contributed by atoms with Crippen molar-refractivity contribution in [2.24, 2.45) is 0 Å². The van der Waals surface area contributed by atoms with Gasteiger partial charge in [-0.15, -0.1) is 0 Å². The van der Waals surface area contributed by atoms with Crippen LogP contribution in [0.2, 0.25) is 0 Å². The van der Waals surface area contributed by atoms with Crippen LogP contribution in [0.25, 0.3) is 27.7 Å². The number of nitrogens with two attached hydrogens (primary N) is 1. The number of rotatable bonds is 6. The molecule has 2 aromatic heterocycles. The lowest BCUT2D eigenvalue weighted by Crippen LogP contribution is -2.23. The Bertz CT molecular complexity index is 1470. The van der Waals surface area contributed by atoms with E-state index in [1.165, 1.54) is 11.7 Å². The quantitative estimate of drug-likeness (QED) is 0.459. The highest BCUT2D eigenvalue weighted by Gasteiger charge is 2.14. The van der Waals surface area contributed by atoms with E-state index in [-0.39, 0.29) is 18.1 Å². The highest BCUT2D eigenvalue weighted by Crippen LogP contribution is 2.27. The lowest BCUT2D eigenvalue weighted by atomic mass is 10.0. The molecule has 0 aliphatic carbocycles. The summed E-state index contributed by atoms with van der Waals surface area (Å²) in [7, 11) is -1.93. The molecule has 0 atom stereocenters. The van der Waals surface area contributed by atoms with E-state index in [1.807, 2.05) is 18.2 Å². The Morgan fingerprint density at radius 3 is 2.53 bits per heavy atom. The molecule has 0 radical (unpaired) electrons. The zero-order valence-electron chi connectivity index (χ0n) is 17.4. The van der Waals surface area contributed by atoms with Gasteiger partial charge in [0.25, 0.3) is 5.56 Å². The molecule has 9 nitrogen and oxygen atoms in total. The number of para-hydroxylation sites is 1. The number of fused-ring (bicyclic) bond motifs is 1. The van der Waals surface area contributed by atoms with Gasteiger partial charge in [0, 0.05) is 23.9 Å². The first kappa shape index (κ1) is 21.5. The van der Waals surface area contributed by atoms with Crippen LogP contribution in [0.3, 0.4) is 0 Å². The third kappa shape index (κ3) is 4.32. The fourth-order valence-corrected chi connectivity index (χ4v) is 3.80. The second-order valence-corrected chi connectivity index (χ2v) is 9.00. The molecule has 4 rings (SSSR count). The molecule has 2 heterocycles. The number of ether oxygens (including phenoxy) is 1. The van der Waals surface area contributed by atoms with Crippen LogP contribution in [0.1, 0.15) is 5.56 Å². The van der Waals surface area contributed by atoms with E-state index in [4.69, 9.17) is 10.5 Å².